The molecule has 1 aromatic carbocycles. The molecule has 1 saturated carbocycles. The number of benzene rings is 1. The number of hydrogen-bond donors (Lipinski definition) is 1. The Morgan fingerprint density at radius 1 is 1.10 bits per heavy atom. The number of carbonyl (C=O) groups is 2. The van der Waals surface area contributed by atoms with Gasteiger partial charge in [-0.25, -0.2) is 18.7 Å². The Morgan fingerprint density at radius 2 is 1.83 bits per heavy atom. The summed E-state index contributed by atoms with van der Waals surface area (Å²) in [4.78, 5) is 40.8. The average Bonchev–Trinajstić information content (AvgIpc) is 2.88. The second-order valence-electron chi connectivity index (χ2n) is 12.7. The Balaban J connectivity index is 1.13. The third-order valence-corrected chi connectivity index (χ3v) is 9.05. The monoisotopic (exact) mass is 568 g/mol. The molecule has 220 valence electrons. The van der Waals surface area contributed by atoms with Crippen molar-refractivity contribution in [2.75, 3.05) is 31.1 Å². The molecule has 1 N–H and O–H groups in total. The number of fused-ring (bicyclic) bond motifs is 3. The summed E-state index contributed by atoms with van der Waals surface area (Å²) in [7, 11) is 0. The lowest BCUT2D eigenvalue weighted by Gasteiger charge is -2.61. The lowest BCUT2D eigenvalue weighted by Crippen LogP contribution is -2.75. The van der Waals surface area contributed by atoms with Crippen molar-refractivity contribution in [3.8, 4) is 11.5 Å². The highest BCUT2D eigenvalue weighted by molar-refractivity contribution is 5.97. The Hall–Kier alpha value is -3.34. The average molecular weight is 569 g/mol. The number of likely N-dealkylation sites (tertiary alicyclic amines) is 1. The van der Waals surface area contributed by atoms with Crippen molar-refractivity contribution in [2.45, 2.75) is 77.3 Å². The molecule has 7 rings (SSSR count). The zero-order valence-corrected chi connectivity index (χ0v) is 24.0. The van der Waals surface area contributed by atoms with E-state index in [0.717, 1.165) is 12.8 Å². The molecule has 2 amide bonds. The van der Waals surface area contributed by atoms with Crippen LogP contribution < -0.4 is 15.0 Å². The molecule has 0 radical (unpaired) electrons. The lowest BCUT2D eigenvalue weighted by molar-refractivity contribution is -0.153. The molecule has 4 saturated heterocycles. The van der Waals surface area contributed by atoms with Gasteiger partial charge in [0.1, 0.15) is 24.1 Å². The number of alkyl halides is 1. The molecule has 1 spiro atoms. The van der Waals surface area contributed by atoms with Gasteiger partial charge in [-0.1, -0.05) is 0 Å². The second kappa shape index (κ2) is 10.5. The van der Waals surface area contributed by atoms with Gasteiger partial charge in [0.05, 0.1) is 17.8 Å². The summed E-state index contributed by atoms with van der Waals surface area (Å²) in [6.45, 7) is 10.3. The summed E-state index contributed by atoms with van der Waals surface area (Å²) in [5.41, 5.74) is 0.100. The van der Waals surface area contributed by atoms with Crippen molar-refractivity contribution in [2.24, 2.45) is 11.3 Å². The first kappa shape index (κ1) is 27.8. The first-order chi connectivity index (χ1) is 19.5. The maximum atomic E-state index is 14.5. The Morgan fingerprint density at radius 3 is 2.49 bits per heavy atom. The van der Waals surface area contributed by atoms with Gasteiger partial charge in [-0.3, -0.25) is 9.59 Å². The van der Waals surface area contributed by atoms with Crippen LogP contribution in [0.5, 0.6) is 11.5 Å². The number of piperidine rings is 2. The number of halogens is 2. The Labute approximate surface area is 239 Å². The smallest absolute Gasteiger partial charge is 0.258 e. The van der Waals surface area contributed by atoms with Gasteiger partial charge in [0, 0.05) is 55.6 Å². The van der Waals surface area contributed by atoms with Gasteiger partial charge in [0.2, 0.25) is 5.91 Å². The SMILES string of the molecule is CC(C)N(C(=O)c1cc(F)ccc1Oc1cncnc1N1CC2(CN(C(=O)[C@H]3N[C@H]4CC[C@@H]3[C@H](F)C4)C2)C1)C(C)C. The molecule has 5 fully saturated rings. The number of hydrogen-bond acceptors (Lipinski definition) is 7. The highest BCUT2D eigenvalue weighted by atomic mass is 19.1. The van der Waals surface area contributed by atoms with Crippen LogP contribution in [0.1, 0.15) is 57.3 Å². The molecule has 2 aromatic rings. The summed E-state index contributed by atoms with van der Waals surface area (Å²) in [5, 5.41) is 3.37. The van der Waals surface area contributed by atoms with E-state index in [0.29, 0.717) is 44.2 Å². The predicted molar refractivity (Wildman–Crippen MR) is 149 cm³/mol. The van der Waals surface area contributed by atoms with Crippen LogP contribution in [0.3, 0.4) is 0 Å². The highest BCUT2D eigenvalue weighted by Gasteiger charge is 2.56. The lowest BCUT2D eigenvalue weighted by atomic mass is 9.70. The van der Waals surface area contributed by atoms with E-state index in [1.807, 2.05) is 32.6 Å². The van der Waals surface area contributed by atoms with Crippen LogP contribution in [0, 0.1) is 17.2 Å². The Bertz CT molecular complexity index is 1320. The molecule has 5 aliphatic rings. The zero-order chi connectivity index (χ0) is 29.1. The number of carbonyl (C=O) groups excluding carboxylic acids is 2. The van der Waals surface area contributed by atoms with Gasteiger partial charge in [-0.15, -0.1) is 0 Å². The molecule has 0 unspecified atom stereocenters. The minimum absolute atomic E-state index is 0.0162. The molecule has 1 aliphatic carbocycles. The molecular formula is C30H38F2N6O3. The zero-order valence-electron chi connectivity index (χ0n) is 24.0. The number of nitrogens with zero attached hydrogens (tertiary/aromatic N) is 5. The maximum Gasteiger partial charge on any atom is 0.258 e. The van der Waals surface area contributed by atoms with E-state index >= 15 is 0 Å². The van der Waals surface area contributed by atoms with Crippen LogP contribution in [0.25, 0.3) is 0 Å². The van der Waals surface area contributed by atoms with Gasteiger partial charge in [0.25, 0.3) is 5.91 Å². The molecule has 4 atom stereocenters. The number of rotatable bonds is 7. The van der Waals surface area contributed by atoms with E-state index in [-0.39, 0.29) is 52.6 Å². The second-order valence-corrected chi connectivity index (χ2v) is 12.7. The molecule has 11 heteroatoms. The molecule has 4 aliphatic heterocycles. The normalized spacial score (nSPS) is 26.2. The minimum atomic E-state index is -0.898. The van der Waals surface area contributed by atoms with E-state index < -0.39 is 18.0 Å². The van der Waals surface area contributed by atoms with Crippen LogP contribution in [-0.4, -0.2) is 88.1 Å². The molecule has 5 heterocycles. The van der Waals surface area contributed by atoms with Gasteiger partial charge in [-0.2, -0.15) is 0 Å². The van der Waals surface area contributed by atoms with Crippen LogP contribution in [0.4, 0.5) is 14.6 Å². The molecule has 9 nitrogen and oxygen atoms in total. The quantitative estimate of drug-likeness (QED) is 0.544. The summed E-state index contributed by atoms with van der Waals surface area (Å²) in [5.74, 6) is 0.132. The molecule has 2 bridgehead atoms. The first-order valence-corrected chi connectivity index (χ1v) is 14.6. The number of ether oxygens (including phenoxy) is 1. The fourth-order valence-electron chi connectivity index (χ4n) is 7.23. The largest absolute Gasteiger partial charge is 0.451 e. The first-order valence-electron chi connectivity index (χ1n) is 14.6. The van der Waals surface area contributed by atoms with E-state index in [9.17, 15) is 18.4 Å². The maximum absolute atomic E-state index is 14.5. The fraction of sp³-hybridized carbons (Fsp3) is 0.600. The van der Waals surface area contributed by atoms with Crippen LogP contribution in [0.2, 0.25) is 0 Å². The van der Waals surface area contributed by atoms with Crippen LogP contribution in [0.15, 0.2) is 30.7 Å². The van der Waals surface area contributed by atoms with Gasteiger partial charge in [-0.05, 0) is 65.2 Å². The van der Waals surface area contributed by atoms with Crippen molar-refractivity contribution in [1.82, 2.24) is 25.1 Å². The molecule has 41 heavy (non-hydrogen) atoms. The number of anilines is 1. The molecule has 1 aromatic heterocycles. The van der Waals surface area contributed by atoms with Gasteiger partial charge < -0.3 is 24.8 Å². The summed E-state index contributed by atoms with van der Waals surface area (Å²) in [6.07, 6.45) is 4.31. The van der Waals surface area contributed by atoms with Crippen molar-refractivity contribution < 1.29 is 23.1 Å². The number of nitrogens with one attached hydrogen (secondary N) is 1. The number of aromatic nitrogens is 2. The Kier molecular flexibility index (Phi) is 7.12. The molecular weight excluding hydrogens is 530 g/mol. The van der Waals surface area contributed by atoms with Crippen molar-refractivity contribution >= 4 is 17.6 Å². The third-order valence-electron chi connectivity index (χ3n) is 9.05. The van der Waals surface area contributed by atoms with Crippen LogP contribution >= 0.6 is 0 Å². The fourth-order valence-corrected chi connectivity index (χ4v) is 7.23. The van der Waals surface area contributed by atoms with E-state index in [1.165, 1.54) is 24.5 Å². The van der Waals surface area contributed by atoms with Crippen molar-refractivity contribution in [3.05, 3.63) is 42.1 Å². The summed E-state index contributed by atoms with van der Waals surface area (Å²) in [6, 6.07) is 3.45. The van der Waals surface area contributed by atoms with Crippen molar-refractivity contribution in [3.63, 3.8) is 0 Å². The summed E-state index contributed by atoms with van der Waals surface area (Å²) < 4.78 is 34.9. The van der Waals surface area contributed by atoms with Gasteiger partial charge in [0.15, 0.2) is 11.6 Å². The highest BCUT2D eigenvalue weighted by Crippen LogP contribution is 2.45. The van der Waals surface area contributed by atoms with E-state index in [2.05, 4.69) is 20.2 Å². The standard InChI is InChI=1S/C30H38F2N6O3/c1-17(2)38(18(3)4)28(39)22-9-19(31)5-8-24(22)41-25-11-33-16-34-27(25)36-12-30(13-36)14-37(15-30)29(40)26-21-7-6-20(35-26)10-23(21)32/h5,8-9,11,16-18,20-21,23,26,35H,6-7,10,12-15H2,1-4H3/t20-,21+,23+,26-/m0/s1. The number of amides is 2. The summed E-state index contributed by atoms with van der Waals surface area (Å²) >= 11 is 0. The van der Waals surface area contributed by atoms with Crippen molar-refractivity contribution in [1.29, 1.82) is 0 Å². The van der Waals surface area contributed by atoms with E-state index in [1.54, 1.807) is 11.1 Å². The van der Waals surface area contributed by atoms with Crippen LogP contribution in [-0.2, 0) is 4.79 Å². The predicted octanol–water partition coefficient (Wildman–Crippen LogP) is 3.79. The topological polar surface area (TPSA) is 90.9 Å². The van der Waals surface area contributed by atoms with Gasteiger partial charge >= 0.3 is 0 Å². The minimum Gasteiger partial charge on any atom is -0.451 e. The third kappa shape index (κ3) is 5.02. The van der Waals surface area contributed by atoms with E-state index in [4.69, 9.17) is 4.74 Å².